The number of anilines is 3. The van der Waals surface area contributed by atoms with Crippen molar-refractivity contribution in [1.29, 1.82) is 0 Å². The zero-order chi connectivity index (χ0) is 17.6. The Kier molecular flexibility index (Phi) is 5.97. The van der Waals surface area contributed by atoms with Crippen LogP contribution in [0.4, 0.5) is 30.5 Å². The summed E-state index contributed by atoms with van der Waals surface area (Å²) in [5.41, 5.74) is -0.384. The van der Waals surface area contributed by atoms with Gasteiger partial charge in [0.05, 0.1) is 5.56 Å². The Labute approximate surface area is 138 Å². The number of hydrogen-bond acceptors (Lipinski definition) is 5. The van der Waals surface area contributed by atoms with Gasteiger partial charge in [0, 0.05) is 18.3 Å². The number of benzene rings is 1. The third-order valence-electron chi connectivity index (χ3n) is 3.22. The molecule has 2 N–H and O–H groups in total. The maximum atomic E-state index is 12.7. The Morgan fingerprint density at radius 2 is 1.83 bits per heavy atom. The van der Waals surface area contributed by atoms with Crippen LogP contribution < -0.4 is 10.6 Å². The number of hydrogen-bond donors (Lipinski definition) is 2. The summed E-state index contributed by atoms with van der Waals surface area (Å²) in [5, 5.41) is 6.03. The Bertz CT molecular complexity index is 658. The Hall–Kier alpha value is -2.35. The lowest BCUT2D eigenvalue weighted by Crippen LogP contribution is -2.16. The van der Waals surface area contributed by atoms with E-state index >= 15 is 0 Å². The van der Waals surface area contributed by atoms with E-state index in [0.29, 0.717) is 17.3 Å². The highest BCUT2D eigenvalue weighted by molar-refractivity contribution is 5.59. The first-order chi connectivity index (χ1) is 11.3. The van der Waals surface area contributed by atoms with Crippen molar-refractivity contribution in [2.24, 2.45) is 0 Å². The lowest BCUT2D eigenvalue weighted by atomic mass is 10.2. The Morgan fingerprint density at radius 1 is 1.08 bits per heavy atom. The summed E-state index contributed by atoms with van der Waals surface area (Å²) in [4.78, 5) is 10.2. The molecule has 0 spiro atoms. The van der Waals surface area contributed by atoms with Gasteiger partial charge >= 0.3 is 6.18 Å². The molecule has 1 heterocycles. The molecule has 0 aliphatic rings. The van der Waals surface area contributed by atoms with Crippen molar-refractivity contribution in [3.8, 4) is 0 Å². The first kappa shape index (κ1) is 18.0. The van der Waals surface area contributed by atoms with E-state index in [2.05, 4.69) is 25.5 Å². The molecule has 0 amide bonds. The number of nitrogens with zero attached hydrogens (tertiary/aromatic N) is 3. The SMILES string of the molecule is CN(C)CCCNc1cc(Nc2cccc(C(F)(F)F)c2)ncn1. The molecule has 130 valence electrons. The largest absolute Gasteiger partial charge is 0.416 e. The van der Waals surface area contributed by atoms with Crippen LogP contribution in [0.2, 0.25) is 0 Å². The van der Waals surface area contributed by atoms with Gasteiger partial charge in [-0.25, -0.2) is 9.97 Å². The fraction of sp³-hybridized carbons (Fsp3) is 0.375. The predicted molar refractivity (Wildman–Crippen MR) is 88.4 cm³/mol. The van der Waals surface area contributed by atoms with Crippen LogP contribution in [0.3, 0.4) is 0 Å². The smallest absolute Gasteiger partial charge is 0.370 e. The van der Waals surface area contributed by atoms with Gasteiger partial charge in [-0.3, -0.25) is 0 Å². The minimum atomic E-state index is -4.37. The molecule has 0 atom stereocenters. The summed E-state index contributed by atoms with van der Waals surface area (Å²) in [6, 6.07) is 6.65. The molecule has 5 nitrogen and oxygen atoms in total. The van der Waals surface area contributed by atoms with Crippen molar-refractivity contribution in [2.45, 2.75) is 12.6 Å². The van der Waals surface area contributed by atoms with Gasteiger partial charge in [-0.1, -0.05) is 6.07 Å². The fourth-order valence-corrected chi connectivity index (χ4v) is 2.06. The second kappa shape index (κ2) is 7.96. The minimum absolute atomic E-state index is 0.321. The first-order valence-corrected chi connectivity index (χ1v) is 7.49. The second-order valence-corrected chi connectivity index (χ2v) is 5.58. The average molecular weight is 339 g/mol. The quantitative estimate of drug-likeness (QED) is 0.755. The van der Waals surface area contributed by atoms with E-state index < -0.39 is 11.7 Å². The van der Waals surface area contributed by atoms with Crippen LogP contribution in [0.5, 0.6) is 0 Å². The van der Waals surface area contributed by atoms with Gasteiger partial charge < -0.3 is 15.5 Å². The van der Waals surface area contributed by atoms with E-state index in [4.69, 9.17) is 0 Å². The summed E-state index contributed by atoms with van der Waals surface area (Å²) in [7, 11) is 4.00. The fourth-order valence-electron chi connectivity index (χ4n) is 2.06. The maximum Gasteiger partial charge on any atom is 0.416 e. The summed E-state index contributed by atoms with van der Waals surface area (Å²) < 4.78 is 38.2. The second-order valence-electron chi connectivity index (χ2n) is 5.58. The van der Waals surface area contributed by atoms with E-state index in [1.807, 2.05) is 14.1 Å². The Balaban J connectivity index is 1.99. The van der Waals surface area contributed by atoms with Gasteiger partial charge in [-0.2, -0.15) is 13.2 Å². The number of aromatic nitrogens is 2. The van der Waals surface area contributed by atoms with Gasteiger partial charge in [0.1, 0.15) is 18.0 Å². The molecule has 0 radical (unpaired) electrons. The van der Waals surface area contributed by atoms with Crippen molar-refractivity contribution in [3.05, 3.63) is 42.2 Å². The molecule has 24 heavy (non-hydrogen) atoms. The van der Waals surface area contributed by atoms with Crippen molar-refractivity contribution in [3.63, 3.8) is 0 Å². The molecule has 0 aliphatic carbocycles. The summed E-state index contributed by atoms with van der Waals surface area (Å²) in [6.07, 6.45) is -2.06. The van der Waals surface area contributed by atoms with Crippen molar-refractivity contribution < 1.29 is 13.2 Å². The molecule has 0 saturated heterocycles. The monoisotopic (exact) mass is 339 g/mol. The average Bonchev–Trinajstić information content (AvgIpc) is 2.51. The van der Waals surface area contributed by atoms with Crippen LogP contribution in [0.1, 0.15) is 12.0 Å². The van der Waals surface area contributed by atoms with Crippen molar-refractivity contribution in [2.75, 3.05) is 37.8 Å². The van der Waals surface area contributed by atoms with Gasteiger partial charge in [-0.15, -0.1) is 0 Å². The minimum Gasteiger partial charge on any atom is -0.370 e. The molecule has 1 aromatic heterocycles. The van der Waals surface area contributed by atoms with Gasteiger partial charge in [-0.05, 0) is 45.3 Å². The maximum absolute atomic E-state index is 12.7. The summed E-state index contributed by atoms with van der Waals surface area (Å²) in [5.74, 6) is 1.05. The van der Waals surface area contributed by atoms with Gasteiger partial charge in [0.25, 0.3) is 0 Å². The topological polar surface area (TPSA) is 53.1 Å². The number of nitrogens with one attached hydrogen (secondary N) is 2. The zero-order valence-electron chi connectivity index (χ0n) is 13.6. The predicted octanol–water partition coefficient (Wildman–Crippen LogP) is 3.60. The number of alkyl halides is 3. The molecule has 0 unspecified atom stereocenters. The summed E-state index contributed by atoms with van der Waals surface area (Å²) >= 11 is 0. The van der Waals surface area contributed by atoms with Crippen LogP contribution in [-0.4, -0.2) is 42.1 Å². The Morgan fingerprint density at radius 3 is 2.54 bits per heavy atom. The van der Waals surface area contributed by atoms with E-state index in [9.17, 15) is 13.2 Å². The van der Waals surface area contributed by atoms with Crippen LogP contribution in [0, 0.1) is 0 Å². The number of halogens is 3. The molecule has 0 aliphatic heterocycles. The molecular formula is C16H20F3N5. The lowest BCUT2D eigenvalue weighted by Gasteiger charge is -2.12. The molecule has 1 aromatic carbocycles. The van der Waals surface area contributed by atoms with Crippen LogP contribution in [0.15, 0.2) is 36.7 Å². The van der Waals surface area contributed by atoms with Gasteiger partial charge in [0.2, 0.25) is 0 Å². The van der Waals surface area contributed by atoms with Crippen LogP contribution >= 0.6 is 0 Å². The van der Waals surface area contributed by atoms with Crippen LogP contribution in [0.25, 0.3) is 0 Å². The molecular weight excluding hydrogens is 319 g/mol. The zero-order valence-corrected chi connectivity index (χ0v) is 13.6. The van der Waals surface area contributed by atoms with E-state index in [1.54, 1.807) is 12.1 Å². The van der Waals surface area contributed by atoms with E-state index in [1.165, 1.54) is 12.4 Å². The highest BCUT2D eigenvalue weighted by Crippen LogP contribution is 2.31. The molecule has 0 bridgehead atoms. The highest BCUT2D eigenvalue weighted by Gasteiger charge is 2.30. The van der Waals surface area contributed by atoms with E-state index in [0.717, 1.165) is 31.6 Å². The normalized spacial score (nSPS) is 11.6. The van der Waals surface area contributed by atoms with E-state index in [-0.39, 0.29) is 0 Å². The molecule has 0 fully saturated rings. The van der Waals surface area contributed by atoms with Crippen molar-refractivity contribution >= 4 is 17.3 Å². The third kappa shape index (κ3) is 5.69. The van der Waals surface area contributed by atoms with Gasteiger partial charge in [0.15, 0.2) is 0 Å². The van der Waals surface area contributed by atoms with Crippen molar-refractivity contribution in [1.82, 2.24) is 14.9 Å². The number of rotatable bonds is 7. The lowest BCUT2D eigenvalue weighted by molar-refractivity contribution is -0.137. The van der Waals surface area contributed by atoms with Crippen LogP contribution in [-0.2, 0) is 6.18 Å². The summed E-state index contributed by atoms with van der Waals surface area (Å²) in [6.45, 7) is 1.70. The molecule has 8 heteroatoms. The highest BCUT2D eigenvalue weighted by atomic mass is 19.4. The molecule has 0 saturated carbocycles. The molecule has 2 aromatic rings. The standard InChI is InChI=1S/C16H20F3N5/c1-24(2)8-4-7-20-14-10-15(22-11-21-14)23-13-6-3-5-12(9-13)16(17,18)19/h3,5-6,9-11H,4,7-8H2,1-2H3,(H2,20,21,22,23). The molecule has 2 rings (SSSR count). The first-order valence-electron chi connectivity index (χ1n) is 7.49. The third-order valence-corrected chi connectivity index (χ3v) is 3.22.